The number of amides is 2. The largest absolute Gasteiger partial charge is 0.355 e. The Balaban J connectivity index is 1.45. The molecule has 24 heavy (non-hydrogen) atoms. The molecule has 0 aromatic heterocycles. The Hall–Kier alpha value is -2.10. The van der Waals surface area contributed by atoms with Crippen molar-refractivity contribution in [2.24, 2.45) is 5.41 Å². The van der Waals surface area contributed by atoms with Crippen LogP contribution in [0.5, 0.6) is 0 Å². The molecule has 2 N–H and O–H groups in total. The molecule has 0 spiro atoms. The fraction of sp³-hybridized carbons (Fsp3) is 0.500. The van der Waals surface area contributed by atoms with Crippen molar-refractivity contribution in [3.05, 3.63) is 47.5 Å². The Labute approximate surface area is 143 Å². The standard InChI is InChI=1S/C20H26N2O2/c23-18(21-14-11-16-7-3-1-4-8-16)20(12-13-20)19(24)22-15-17-9-5-2-6-10-17/h2,5-7,9-10H,1,3-4,8,11-15H2,(H,21,23)(H,22,24). The molecule has 1 aromatic rings. The quantitative estimate of drug-likeness (QED) is 0.597. The summed E-state index contributed by atoms with van der Waals surface area (Å²) < 4.78 is 0. The molecule has 0 saturated heterocycles. The number of hydrogen-bond donors (Lipinski definition) is 2. The Morgan fingerprint density at radius 3 is 2.42 bits per heavy atom. The van der Waals surface area contributed by atoms with Crippen molar-refractivity contribution in [2.75, 3.05) is 6.54 Å². The summed E-state index contributed by atoms with van der Waals surface area (Å²) in [6, 6.07) is 9.78. The highest BCUT2D eigenvalue weighted by molar-refractivity contribution is 6.07. The van der Waals surface area contributed by atoms with Crippen molar-refractivity contribution in [2.45, 2.75) is 51.5 Å². The van der Waals surface area contributed by atoms with E-state index in [1.807, 2.05) is 30.3 Å². The van der Waals surface area contributed by atoms with Crippen LogP contribution in [0.15, 0.2) is 42.0 Å². The van der Waals surface area contributed by atoms with Crippen LogP contribution in [0, 0.1) is 5.41 Å². The van der Waals surface area contributed by atoms with E-state index in [2.05, 4.69) is 16.7 Å². The molecule has 2 aliphatic rings. The summed E-state index contributed by atoms with van der Waals surface area (Å²) in [5, 5.41) is 5.88. The highest BCUT2D eigenvalue weighted by Crippen LogP contribution is 2.46. The zero-order chi connectivity index (χ0) is 16.8. The van der Waals surface area contributed by atoms with Crippen LogP contribution in [0.4, 0.5) is 0 Å². The van der Waals surface area contributed by atoms with Gasteiger partial charge in [-0.2, -0.15) is 0 Å². The highest BCUT2D eigenvalue weighted by Gasteiger charge is 2.56. The van der Waals surface area contributed by atoms with Crippen molar-refractivity contribution in [1.82, 2.24) is 10.6 Å². The van der Waals surface area contributed by atoms with Gasteiger partial charge < -0.3 is 10.6 Å². The summed E-state index contributed by atoms with van der Waals surface area (Å²) in [5.41, 5.74) is 1.67. The summed E-state index contributed by atoms with van der Waals surface area (Å²) in [6.45, 7) is 1.11. The van der Waals surface area contributed by atoms with E-state index >= 15 is 0 Å². The minimum Gasteiger partial charge on any atom is -0.355 e. The lowest BCUT2D eigenvalue weighted by Gasteiger charge is -2.17. The van der Waals surface area contributed by atoms with Gasteiger partial charge in [0.1, 0.15) is 5.41 Å². The van der Waals surface area contributed by atoms with Gasteiger partial charge in [0.15, 0.2) is 0 Å². The van der Waals surface area contributed by atoms with Gasteiger partial charge in [-0.25, -0.2) is 0 Å². The molecule has 0 unspecified atom stereocenters. The van der Waals surface area contributed by atoms with Crippen LogP contribution in [0.25, 0.3) is 0 Å². The first-order chi connectivity index (χ1) is 11.7. The maximum Gasteiger partial charge on any atom is 0.235 e. The van der Waals surface area contributed by atoms with Crippen LogP contribution in [-0.4, -0.2) is 18.4 Å². The zero-order valence-electron chi connectivity index (χ0n) is 14.1. The molecule has 2 amide bonds. The fourth-order valence-electron chi connectivity index (χ4n) is 3.27. The number of carbonyl (C=O) groups excluding carboxylic acids is 2. The maximum atomic E-state index is 12.4. The second-order valence-corrected chi connectivity index (χ2v) is 6.86. The number of rotatable bonds is 7. The van der Waals surface area contributed by atoms with Gasteiger partial charge in [-0.15, -0.1) is 0 Å². The molecule has 1 aromatic carbocycles. The molecule has 1 fully saturated rings. The summed E-state index contributed by atoms with van der Waals surface area (Å²) in [6.07, 6.45) is 9.37. The van der Waals surface area contributed by atoms with Crippen molar-refractivity contribution in [3.8, 4) is 0 Å². The van der Waals surface area contributed by atoms with E-state index < -0.39 is 5.41 Å². The second kappa shape index (κ2) is 7.65. The van der Waals surface area contributed by atoms with E-state index in [0.717, 1.165) is 24.8 Å². The smallest absolute Gasteiger partial charge is 0.235 e. The van der Waals surface area contributed by atoms with Gasteiger partial charge in [0, 0.05) is 13.1 Å². The third kappa shape index (κ3) is 4.05. The number of benzene rings is 1. The van der Waals surface area contributed by atoms with E-state index in [-0.39, 0.29) is 11.8 Å². The number of nitrogens with one attached hydrogen (secondary N) is 2. The maximum absolute atomic E-state index is 12.4. The Bertz CT molecular complexity index is 618. The lowest BCUT2D eigenvalue weighted by molar-refractivity contribution is -0.137. The predicted molar refractivity (Wildman–Crippen MR) is 94.1 cm³/mol. The molecule has 0 aliphatic heterocycles. The molecule has 0 radical (unpaired) electrons. The third-order valence-corrected chi connectivity index (χ3v) is 5.03. The monoisotopic (exact) mass is 326 g/mol. The minimum atomic E-state index is -0.824. The van der Waals surface area contributed by atoms with Crippen LogP contribution < -0.4 is 10.6 Å². The van der Waals surface area contributed by atoms with Crippen molar-refractivity contribution in [1.29, 1.82) is 0 Å². The normalized spacial score (nSPS) is 18.4. The average molecular weight is 326 g/mol. The fourth-order valence-corrected chi connectivity index (χ4v) is 3.27. The van der Waals surface area contributed by atoms with Gasteiger partial charge in [-0.1, -0.05) is 42.0 Å². The van der Waals surface area contributed by atoms with E-state index in [4.69, 9.17) is 0 Å². The first-order valence-electron chi connectivity index (χ1n) is 8.99. The van der Waals surface area contributed by atoms with Gasteiger partial charge in [0.2, 0.25) is 11.8 Å². The topological polar surface area (TPSA) is 58.2 Å². The Morgan fingerprint density at radius 1 is 1.00 bits per heavy atom. The molecule has 0 bridgehead atoms. The molecule has 128 valence electrons. The predicted octanol–water partition coefficient (Wildman–Crippen LogP) is 3.09. The van der Waals surface area contributed by atoms with Crippen LogP contribution in [0.3, 0.4) is 0 Å². The van der Waals surface area contributed by atoms with Gasteiger partial charge in [-0.05, 0) is 50.5 Å². The first-order valence-corrected chi connectivity index (χ1v) is 8.99. The molecule has 0 heterocycles. The van der Waals surface area contributed by atoms with Crippen molar-refractivity contribution >= 4 is 11.8 Å². The van der Waals surface area contributed by atoms with Crippen molar-refractivity contribution < 1.29 is 9.59 Å². The Morgan fingerprint density at radius 2 is 1.75 bits per heavy atom. The molecule has 4 nitrogen and oxygen atoms in total. The second-order valence-electron chi connectivity index (χ2n) is 6.86. The molecular weight excluding hydrogens is 300 g/mol. The number of allylic oxidation sites excluding steroid dienone is 1. The summed E-state index contributed by atoms with van der Waals surface area (Å²) in [4.78, 5) is 24.9. The van der Waals surface area contributed by atoms with Gasteiger partial charge in [0.05, 0.1) is 0 Å². The highest BCUT2D eigenvalue weighted by atomic mass is 16.2. The van der Waals surface area contributed by atoms with E-state index in [9.17, 15) is 9.59 Å². The number of carbonyl (C=O) groups is 2. The van der Waals surface area contributed by atoms with Gasteiger partial charge in [-0.3, -0.25) is 9.59 Å². The minimum absolute atomic E-state index is 0.107. The third-order valence-electron chi connectivity index (χ3n) is 5.03. The summed E-state index contributed by atoms with van der Waals surface area (Å²) >= 11 is 0. The van der Waals surface area contributed by atoms with Crippen LogP contribution in [0.2, 0.25) is 0 Å². The van der Waals surface area contributed by atoms with E-state index in [0.29, 0.717) is 25.9 Å². The molecule has 4 heteroatoms. The van der Waals surface area contributed by atoms with Gasteiger partial charge >= 0.3 is 0 Å². The molecule has 3 rings (SSSR count). The van der Waals surface area contributed by atoms with E-state index in [1.165, 1.54) is 18.4 Å². The first kappa shape index (κ1) is 16.7. The lowest BCUT2D eigenvalue weighted by Crippen LogP contribution is -2.43. The summed E-state index contributed by atoms with van der Waals surface area (Å²) in [5.74, 6) is -0.245. The van der Waals surface area contributed by atoms with Crippen molar-refractivity contribution in [3.63, 3.8) is 0 Å². The van der Waals surface area contributed by atoms with Crippen LogP contribution in [-0.2, 0) is 16.1 Å². The zero-order valence-corrected chi connectivity index (χ0v) is 14.1. The lowest BCUT2D eigenvalue weighted by atomic mass is 9.97. The average Bonchev–Trinajstić information content (AvgIpc) is 3.43. The molecular formula is C20H26N2O2. The van der Waals surface area contributed by atoms with Crippen LogP contribution in [0.1, 0.15) is 50.5 Å². The van der Waals surface area contributed by atoms with Crippen LogP contribution >= 0.6 is 0 Å². The Kier molecular flexibility index (Phi) is 5.34. The molecule has 1 saturated carbocycles. The molecule has 0 atom stereocenters. The SMILES string of the molecule is O=C(NCCC1=CCCCC1)C1(C(=O)NCc2ccccc2)CC1. The summed E-state index contributed by atoms with van der Waals surface area (Å²) in [7, 11) is 0. The number of hydrogen-bond acceptors (Lipinski definition) is 2. The molecule has 2 aliphatic carbocycles. The van der Waals surface area contributed by atoms with Gasteiger partial charge in [0.25, 0.3) is 0 Å². The van der Waals surface area contributed by atoms with E-state index in [1.54, 1.807) is 0 Å².